The molecule has 1 heterocycles. The van der Waals surface area contributed by atoms with Gasteiger partial charge in [-0.15, -0.1) is 0 Å². The minimum atomic E-state index is -3.25. The van der Waals surface area contributed by atoms with Gasteiger partial charge in [-0.05, 0) is 43.5 Å². The molecular weight excluding hydrogens is 248 g/mol. The first-order chi connectivity index (χ1) is 8.59. The van der Waals surface area contributed by atoms with Crippen molar-refractivity contribution in [1.29, 1.82) is 0 Å². The predicted molar refractivity (Wildman–Crippen MR) is 74.3 cm³/mol. The van der Waals surface area contributed by atoms with Crippen LogP contribution >= 0.6 is 0 Å². The fraction of sp³-hybridized carbons (Fsp3) is 0.538. The molecule has 1 aliphatic rings. The number of hydrogen-bond acceptors (Lipinski definition) is 3. The zero-order valence-corrected chi connectivity index (χ0v) is 11.5. The van der Waals surface area contributed by atoms with Crippen LogP contribution in [-0.4, -0.2) is 26.8 Å². The van der Waals surface area contributed by atoms with Gasteiger partial charge in [-0.2, -0.15) is 0 Å². The van der Waals surface area contributed by atoms with Gasteiger partial charge in [-0.25, -0.2) is 8.42 Å². The number of hydrogen-bond donors (Lipinski definition) is 2. The summed E-state index contributed by atoms with van der Waals surface area (Å²) in [4.78, 5) is 0. The van der Waals surface area contributed by atoms with Crippen molar-refractivity contribution in [3.8, 4) is 0 Å². The molecule has 1 saturated heterocycles. The first-order valence-corrected chi connectivity index (χ1v) is 8.07. The monoisotopic (exact) mass is 268 g/mol. The molecule has 0 radical (unpaired) electrons. The number of benzene rings is 1. The Balaban J connectivity index is 1.97. The SMILES string of the molecule is CCc1ccc(NS(=O)(=O)CC2CCCN2)cc1. The van der Waals surface area contributed by atoms with Gasteiger partial charge >= 0.3 is 0 Å². The van der Waals surface area contributed by atoms with Gasteiger partial charge in [0.05, 0.1) is 5.75 Å². The van der Waals surface area contributed by atoms with Gasteiger partial charge in [0.2, 0.25) is 10.0 Å². The molecule has 100 valence electrons. The van der Waals surface area contributed by atoms with Crippen molar-refractivity contribution in [2.75, 3.05) is 17.0 Å². The number of aryl methyl sites for hydroxylation is 1. The van der Waals surface area contributed by atoms with E-state index in [1.54, 1.807) is 0 Å². The Morgan fingerprint density at radius 2 is 2.06 bits per heavy atom. The lowest BCUT2D eigenvalue weighted by Crippen LogP contribution is -2.32. The molecule has 1 aromatic rings. The second-order valence-electron chi connectivity index (χ2n) is 4.73. The average molecular weight is 268 g/mol. The second-order valence-corrected chi connectivity index (χ2v) is 6.49. The Kier molecular flexibility index (Phi) is 4.24. The van der Waals surface area contributed by atoms with E-state index in [1.165, 1.54) is 5.56 Å². The highest BCUT2D eigenvalue weighted by molar-refractivity contribution is 7.92. The lowest BCUT2D eigenvalue weighted by Gasteiger charge is -2.12. The summed E-state index contributed by atoms with van der Waals surface area (Å²) in [6.45, 7) is 3.00. The maximum atomic E-state index is 12.0. The van der Waals surface area contributed by atoms with Crippen LogP contribution in [0.1, 0.15) is 25.3 Å². The highest BCUT2D eigenvalue weighted by Gasteiger charge is 2.21. The zero-order chi connectivity index (χ0) is 13.0. The van der Waals surface area contributed by atoms with Crippen molar-refractivity contribution >= 4 is 15.7 Å². The average Bonchev–Trinajstić information content (AvgIpc) is 2.81. The van der Waals surface area contributed by atoms with Crippen molar-refractivity contribution in [3.05, 3.63) is 29.8 Å². The maximum Gasteiger partial charge on any atom is 0.234 e. The molecule has 0 aliphatic carbocycles. The largest absolute Gasteiger partial charge is 0.313 e. The zero-order valence-electron chi connectivity index (χ0n) is 10.6. The van der Waals surface area contributed by atoms with Gasteiger partial charge < -0.3 is 5.32 Å². The van der Waals surface area contributed by atoms with E-state index in [-0.39, 0.29) is 11.8 Å². The van der Waals surface area contributed by atoms with Gasteiger partial charge in [0.1, 0.15) is 0 Å². The molecule has 1 atom stereocenters. The molecule has 0 spiro atoms. The fourth-order valence-electron chi connectivity index (χ4n) is 2.19. The van der Waals surface area contributed by atoms with Crippen LogP contribution in [0.2, 0.25) is 0 Å². The second kappa shape index (κ2) is 5.71. The lowest BCUT2D eigenvalue weighted by molar-refractivity contribution is 0.582. The molecule has 2 N–H and O–H groups in total. The fourth-order valence-corrected chi connectivity index (χ4v) is 3.59. The summed E-state index contributed by atoms with van der Waals surface area (Å²) in [5.41, 5.74) is 1.85. The van der Waals surface area contributed by atoms with Gasteiger partial charge in [0, 0.05) is 11.7 Å². The van der Waals surface area contributed by atoms with Crippen LogP contribution in [0, 0.1) is 0 Å². The van der Waals surface area contributed by atoms with Crippen molar-refractivity contribution in [2.45, 2.75) is 32.2 Å². The standard InChI is InChI=1S/C13H20N2O2S/c1-2-11-5-7-12(8-6-11)15-18(16,17)10-13-4-3-9-14-13/h5-8,13-15H,2-4,9-10H2,1H3. The summed E-state index contributed by atoms with van der Waals surface area (Å²) in [6, 6.07) is 7.63. The van der Waals surface area contributed by atoms with Crippen molar-refractivity contribution < 1.29 is 8.42 Å². The normalized spacial score (nSPS) is 19.9. The highest BCUT2D eigenvalue weighted by Crippen LogP contribution is 2.14. The molecule has 18 heavy (non-hydrogen) atoms. The quantitative estimate of drug-likeness (QED) is 0.855. The minimum absolute atomic E-state index is 0.0948. The first kappa shape index (κ1) is 13.4. The highest BCUT2D eigenvalue weighted by atomic mass is 32.2. The molecule has 1 fully saturated rings. The Hall–Kier alpha value is -1.07. The number of rotatable bonds is 5. The van der Waals surface area contributed by atoms with E-state index in [0.29, 0.717) is 5.69 Å². The van der Waals surface area contributed by atoms with Crippen LogP contribution in [0.4, 0.5) is 5.69 Å². The number of nitrogens with one attached hydrogen (secondary N) is 2. The first-order valence-electron chi connectivity index (χ1n) is 6.42. The van der Waals surface area contributed by atoms with Gasteiger partial charge in [0.25, 0.3) is 0 Å². The van der Waals surface area contributed by atoms with Crippen molar-refractivity contribution in [1.82, 2.24) is 5.32 Å². The Bertz CT molecular complexity index is 476. The van der Waals surface area contributed by atoms with E-state index in [1.807, 2.05) is 24.3 Å². The van der Waals surface area contributed by atoms with Crippen LogP contribution in [0.15, 0.2) is 24.3 Å². The third-order valence-electron chi connectivity index (χ3n) is 3.22. The van der Waals surface area contributed by atoms with Crippen molar-refractivity contribution in [3.63, 3.8) is 0 Å². The third-order valence-corrected chi connectivity index (χ3v) is 4.61. The van der Waals surface area contributed by atoms with Gasteiger partial charge in [-0.1, -0.05) is 19.1 Å². The summed E-state index contributed by atoms with van der Waals surface area (Å²) >= 11 is 0. The Morgan fingerprint density at radius 3 is 2.61 bits per heavy atom. The third kappa shape index (κ3) is 3.71. The van der Waals surface area contributed by atoms with Crippen molar-refractivity contribution in [2.24, 2.45) is 0 Å². The molecule has 0 amide bonds. The molecular formula is C13H20N2O2S. The number of sulfonamides is 1. The van der Waals surface area contributed by atoms with E-state index >= 15 is 0 Å². The molecule has 1 unspecified atom stereocenters. The maximum absolute atomic E-state index is 12.0. The molecule has 0 aromatic heterocycles. The Labute approximate surface area is 109 Å². The summed E-state index contributed by atoms with van der Waals surface area (Å²) in [5, 5.41) is 3.20. The van der Waals surface area contributed by atoms with Crippen LogP contribution < -0.4 is 10.0 Å². The van der Waals surface area contributed by atoms with Crippen LogP contribution in [0.3, 0.4) is 0 Å². The molecule has 4 nitrogen and oxygen atoms in total. The molecule has 5 heteroatoms. The van der Waals surface area contributed by atoms with Crippen LogP contribution in [0.25, 0.3) is 0 Å². The molecule has 0 bridgehead atoms. The summed E-state index contributed by atoms with van der Waals surface area (Å²) in [7, 11) is -3.25. The molecule has 2 rings (SSSR count). The minimum Gasteiger partial charge on any atom is -0.313 e. The van der Waals surface area contributed by atoms with E-state index in [2.05, 4.69) is 17.0 Å². The topological polar surface area (TPSA) is 58.2 Å². The molecule has 1 aromatic carbocycles. The van der Waals surface area contributed by atoms with Gasteiger partial charge in [-0.3, -0.25) is 4.72 Å². The lowest BCUT2D eigenvalue weighted by atomic mass is 10.2. The number of anilines is 1. The predicted octanol–water partition coefficient (Wildman–Crippen LogP) is 1.74. The summed E-state index contributed by atoms with van der Waals surface area (Å²) in [5.74, 6) is 0.155. The Morgan fingerprint density at radius 1 is 1.33 bits per heavy atom. The summed E-state index contributed by atoms with van der Waals surface area (Å²) < 4.78 is 26.5. The summed E-state index contributed by atoms with van der Waals surface area (Å²) in [6.07, 6.45) is 2.96. The van der Waals surface area contributed by atoms with Crippen LogP contribution in [-0.2, 0) is 16.4 Å². The van der Waals surface area contributed by atoms with E-state index < -0.39 is 10.0 Å². The molecule has 0 saturated carbocycles. The smallest absolute Gasteiger partial charge is 0.234 e. The van der Waals surface area contributed by atoms with E-state index in [9.17, 15) is 8.42 Å². The van der Waals surface area contributed by atoms with E-state index in [4.69, 9.17) is 0 Å². The van der Waals surface area contributed by atoms with E-state index in [0.717, 1.165) is 25.8 Å². The van der Waals surface area contributed by atoms with Crippen LogP contribution in [0.5, 0.6) is 0 Å². The van der Waals surface area contributed by atoms with Gasteiger partial charge in [0.15, 0.2) is 0 Å². The molecule has 1 aliphatic heterocycles.